The van der Waals surface area contributed by atoms with Crippen LogP contribution in [0.4, 0.5) is 5.69 Å². The van der Waals surface area contributed by atoms with Crippen LogP contribution in [0.15, 0.2) is 12.1 Å². The molecule has 0 aliphatic carbocycles. The Bertz CT molecular complexity index is 377. The van der Waals surface area contributed by atoms with Gasteiger partial charge in [0.25, 0.3) is 5.69 Å². The van der Waals surface area contributed by atoms with Crippen molar-refractivity contribution in [2.45, 2.75) is 0 Å². The SMILES string of the molecule is O=Cc1c(O)ccc([N+](=O)[O-])c1I. The number of carbonyl (C=O) groups is 1. The van der Waals surface area contributed by atoms with Crippen molar-refractivity contribution in [1.82, 2.24) is 0 Å². The summed E-state index contributed by atoms with van der Waals surface area (Å²) in [7, 11) is 0. The molecule has 13 heavy (non-hydrogen) atoms. The minimum Gasteiger partial charge on any atom is -0.507 e. The molecule has 5 nitrogen and oxygen atoms in total. The first-order valence-electron chi connectivity index (χ1n) is 3.19. The number of phenolic OH excluding ortho intramolecular Hbond substituents is 1. The van der Waals surface area contributed by atoms with Gasteiger partial charge in [0.2, 0.25) is 0 Å². The molecule has 1 N–H and O–H groups in total. The molecule has 0 radical (unpaired) electrons. The fourth-order valence-electron chi connectivity index (χ4n) is 0.824. The molecule has 0 unspecified atom stereocenters. The first-order chi connectivity index (χ1) is 6.07. The summed E-state index contributed by atoms with van der Waals surface area (Å²) < 4.78 is 0.151. The van der Waals surface area contributed by atoms with Crippen LogP contribution in [-0.2, 0) is 0 Å². The Labute approximate surface area is 86.7 Å². The van der Waals surface area contributed by atoms with Crippen molar-refractivity contribution in [2.75, 3.05) is 0 Å². The zero-order chi connectivity index (χ0) is 10.0. The lowest BCUT2D eigenvalue weighted by Gasteiger charge is -2.00. The number of carbonyl (C=O) groups excluding carboxylic acids is 1. The summed E-state index contributed by atoms with van der Waals surface area (Å²) in [4.78, 5) is 20.2. The van der Waals surface area contributed by atoms with Gasteiger partial charge in [-0.1, -0.05) is 0 Å². The van der Waals surface area contributed by atoms with Gasteiger partial charge < -0.3 is 5.11 Å². The summed E-state index contributed by atoms with van der Waals surface area (Å²) in [5.74, 6) is -0.245. The number of hydrogen-bond donors (Lipinski definition) is 1. The highest BCUT2D eigenvalue weighted by molar-refractivity contribution is 14.1. The van der Waals surface area contributed by atoms with Crippen LogP contribution in [-0.4, -0.2) is 16.3 Å². The number of halogens is 1. The van der Waals surface area contributed by atoms with Crippen LogP contribution in [0, 0.1) is 13.7 Å². The molecular formula is C7H4INO4. The molecular weight excluding hydrogens is 289 g/mol. The lowest BCUT2D eigenvalue weighted by atomic mass is 10.2. The number of hydrogen-bond acceptors (Lipinski definition) is 4. The molecule has 0 spiro atoms. The number of phenols is 1. The van der Waals surface area contributed by atoms with E-state index in [2.05, 4.69) is 0 Å². The monoisotopic (exact) mass is 293 g/mol. The van der Waals surface area contributed by atoms with E-state index < -0.39 is 4.92 Å². The highest BCUT2D eigenvalue weighted by atomic mass is 127. The maximum Gasteiger partial charge on any atom is 0.283 e. The molecule has 68 valence electrons. The van der Waals surface area contributed by atoms with E-state index >= 15 is 0 Å². The molecule has 1 rings (SSSR count). The van der Waals surface area contributed by atoms with E-state index in [1.807, 2.05) is 0 Å². The largest absolute Gasteiger partial charge is 0.507 e. The Balaban J connectivity index is 3.44. The van der Waals surface area contributed by atoms with Crippen LogP contribution in [0.25, 0.3) is 0 Å². The number of rotatable bonds is 2. The lowest BCUT2D eigenvalue weighted by Crippen LogP contribution is -1.95. The highest BCUT2D eigenvalue weighted by Crippen LogP contribution is 2.29. The summed E-state index contributed by atoms with van der Waals surface area (Å²) in [5, 5.41) is 19.5. The van der Waals surface area contributed by atoms with Gasteiger partial charge in [-0.25, -0.2) is 0 Å². The summed E-state index contributed by atoms with van der Waals surface area (Å²) in [6, 6.07) is 2.29. The van der Waals surface area contributed by atoms with Crippen LogP contribution in [0.1, 0.15) is 10.4 Å². The third-order valence-electron chi connectivity index (χ3n) is 1.45. The fourth-order valence-corrected chi connectivity index (χ4v) is 1.60. The number of benzene rings is 1. The van der Waals surface area contributed by atoms with E-state index in [0.29, 0.717) is 6.29 Å². The van der Waals surface area contributed by atoms with E-state index in [1.54, 1.807) is 22.6 Å². The van der Waals surface area contributed by atoms with E-state index in [1.165, 1.54) is 0 Å². The Morgan fingerprint density at radius 1 is 1.54 bits per heavy atom. The molecule has 1 aromatic rings. The van der Waals surface area contributed by atoms with E-state index in [4.69, 9.17) is 5.11 Å². The summed E-state index contributed by atoms with van der Waals surface area (Å²) in [5.41, 5.74) is -0.227. The topological polar surface area (TPSA) is 80.4 Å². The second kappa shape index (κ2) is 3.69. The van der Waals surface area contributed by atoms with Crippen molar-refractivity contribution in [1.29, 1.82) is 0 Å². The maximum absolute atomic E-state index is 10.4. The molecule has 0 aliphatic rings. The first kappa shape index (κ1) is 9.90. The van der Waals surface area contributed by atoms with Crippen molar-refractivity contribution in [3.8, 4) is 5.75 Å². The number of nitro groups is 1. The Kier molecular flexibility index (Phi) is 2.81. The predicted molar refractivity (Wildman–Crippen MR) is 52.9 cm³/mol. The molecule has 0 amide bonds. The number of aldehydes is 1. The van der Waals surface area contributed by atoms with Crippen molar-refractivity contribution >= 4 is 34.6 Å². The van der Waals surface area contributed by atoms with Crippen molar-refractivity contribution in [3.63, 3.8) is 0 Å². The van der Waals surface area contributed by atoms with Crippen LogP contribution < -0.4 is 0 Å². The number of nitro benzene ring substituents is 1. The molecule has 0 aliphatic heterocycles. The predicted octanol–water partition coefficient (Wildman–Crippen LogP) is 1.72. The first-order valence-corrected chi connectivity index (χ1v) is 4.27. The molecule has 0 bridgehead atoms. The second-order valence-corrected chi connectivity index (χ2v) is 3.29. The van der Waals surface area contributed by atoms with E-state index in [-0.39, 0.29) is 20.6 Å². The third kappa shape index (κ3) is 1.77. The Morgan fingerprint density at radius 2 is 2.15 bits per heavy atom. The van der Waals surface area contributed by atoms with Crippen LogP contribution >= 0.6 is 22.6 Å². The number of aromatic hydroxyl groups is 1. The van der Waals surface area contributed by atoms with E-state index in [9.17, 15) is 14.9 Å². The average Bonchev–Trinajstić information content (AvgIpc) is 2.04. The van der Waals surface area contributed by atoms with Gasteiger partial charge in [-0.2, -0.15) is 0 Å². The van der Waals surface area contributed by atoms with Crippen molar-refractivity contribution < 1.29 is 14.8 Å². The summed E-state index contributed by atoms with van der Waals surface area (Å²) in [6.45, 7) is 0. The van der Waals surface area contributed by atoms with Gasteiger partial charge in [-0.05, 0) is 28.7 Å². The van der Waals surface area contributed by atoms with Crippen molar-refractivity contribution in [3.05, 3.63) is 31.4 Å². The molecule has 0 aromatic heterocycles. The maximum atomic E-state index is 10.4. The fraction of sp³-hybridized carbons (Fsp3) is 0. The normalized spacial score (nSPS) is 9.62. The standard InChI is InChI=1S/C7H4INO4/c8-7-4(3-10)6(11)2-1-5(7)9(12)13/h1-3,11H. The number of nitrogens with zero attached hydrogens (tertiary/aromatic N) is 1. The minimum atomic E-state index is -0.603. The minimum absolute atomic E-state index is 0.0465. The molecule has 0 fully saturated rings. The molecule has 0 saturated carbocycles. The van der Waals surface area contributed by atoms with Crippen LogP contribution in [0.3, 0.4) is 0 Å². The molecule has 0 atom stereocenters. The molecule has 0 heterocycles. The van der Waals surface area contributed by atoms with Gasteiger partial charge in [0.1, 0.15) is 9.32 Å². The zero-order valence-corrected chi connectivity index (χ0v) is 8.39. The van der Waals surface area contributed by atoms with Gasteiger partial charge in [-0.3, -0.25) is 14.9 Å². The quantitative estimate of drug-likeness (QED) is 0.389. The van der Waals surface area contributed by atoms with Crippen LogP contribution in [0.2, 0.25) is 0 Å². The summed E-state index contributed by atoms with van der Waals surface area (Å²) >= 11 is 1.65. The Hall–Kier alpha value is -1.18. The summed E-state index contributed by atoms with van der Waals surface area (Å²) in [6.07, 6.45) is 0.393. The smallest absolute Gasteiger partial charge is 0.283 e. The van der Waals surface area contributed by atoms with Gasteiger partial charge in [-0.15, -0.1) is 0 Å². The van der Waals surface area contributed by atoms with Gasteiger partial charge in [0.15, 0.2) is 6.29 Å². The highest BCUT2D eigenvalue weighted by Gasteiger charge is 2.17. The third-order valence-corrected chi connectivity index (χ3v) is 2.58. The van der Waals surface area contributed by atoms with E-state index in [0.717, 1.165) is 12.1 Å². The van der Waals surface area contributed by atoms with Gasteiger partial charge >= 0.3 is 0 Å². The molecule has 6 heteroatoms. The second-order valence-electron chi connectivity index (χ2n) is 2.21. The molecule has 0 saturated heterocycles. The Morgan fingerprint density at radius 3 is 2.62 bits per heavy atom. The van der Waals surface area contributed by atoms with Gasteiger partial charge in [0, 0.05) is 6.07 Å². The zero-order valence-electron chi connectivity index (χ0n) is 6.23. The van der Waals surface area contributed by atoms with Crippen molar-refractivity contribution in [2.24, 2.45) is 0 Å². The van der Waals surface area contributed by atoms with Gasteiger partial charge in [0.05, 0.1) is 10.5 Å². The molecule has 1 aromatic carbocycles. The lowest BCUT2D eigenvalue weighted by molar-refractivity contribution is -0.385. The average molecular weight is 293 g/mol. The van der Waals surface area contributed by atoms with Crippen LogP contribution in [0.5, 0.6) is 5.75 Å².